The topological polar surface area (TPSA) is 0 Å². The predicted molar refractivity (Wildman–Crippen MR) is 5.75 cm³/mol. The van der Waals surface area contributed by atoms with Gasteiger partial charge in [0, 0.05) is 0 Å². The Balaban J connectivity index is 0. The molecule has 0 saturated carbocycles. The third-order valence-electron chi connectivity index (χ3n) is 0. The molecule has 0 rings (SSSR count). The summed E-state index contributed by atoms with van der Waals surface area (Å²) in [7, 11) is 0. The van der Waals surface area contributed by atoms with Crippen molar-refractivity contribution in [3.05, 3.63) is 0 Å². The van der Waals surface area contributed by atoms with E-state index in [9.17, 15) is 0 Å². The molecule has 0 aromatic carbocycles. The van der Waals surface area contributed by atoms with Gasteiger partial charge in [0.25, 0.3) is 0 Å². The Morgan fingerprint density at radius 2 is 0.375 bits per heavy atom. The van der Waals surface area contributed by atoms with Gasteiger partial charge in [-0.15, -0.1) is 0 Å². The summed E-state index contributed by atoms with van der Waals surface area (Å²) >= 11 is 0. The maximum absolute atomic E-state index is 0. The molecule has 0 atom stereocenters. The summed E-state index contributed by atoms with van der Waals surface area (Å²) in [5.41, 5.74) is 0. The normalized spacial score (nSPS) is 0. The van der Waals surface area contributed by atoms with Crippen molar-refractivity contribution in [1.82, 2.24) is 0 Å². The second-order valence-corrected chi connectivity index (χ2v) is 0. The average molecular weight is 665 g/mol. The van der Waals surface area contributed by atoms with Gasteiger partial charge >= 0.3 is 70.6 Å². The van der Waals surface area contributed by atoms with E-state index in [1.54, 1.807) is 0 Å². The first-order valence-electron chi connectivity index (χ1n) is 0. The fourth-order valence-corrected chi connectivity index (χ4v) is 0. The molecule has 0 aromatic rings. The molecule has 48 valence electrons. The van der Waals surface area contributed by atoms with E-state index in [1.165, 1.54) is 0 Å². The predicted octanol–water partition coefficient (Wildman–Crippen LogP) is -18.4. The number of halogens is 6. The first-order valence-corrected chi connectivity index (χ1v) is 0. The molecule has 0 N–H and O–H groups in total. The van der Waals surface area contributed by atoms with Crippen molar-refractivity contribution in [1.29, 1.82) is 0 Å². The van der Waals surface area contributed by atoms with Crippen molar-refractivity contribution < 1.29 is 124 Å². The van der Waals surface area contributed by atoms with Crippen LogP contribution in [0.3, 0.4) is 0 Å². The van der Waals surface area contributed by atoms with Crippen LogP contribution in [-0.2, 0) is 21.7 Å². The van der Waals surface area contributed by atoms with Crippen LogP contribution in [0.4, 0.5) is 0 Å². The van der Waals surface area contributed by atoms with Gasteiger partial charge in [-0.1, -0.05) is 0 Å². The maximum Gasteiger partial charge on any atom is 4.00 e. The Labute approximate surface area is 168 Å². The van der Waals surface area contributed by atoms with E-state index < -0.39 is 0 Å². The second-order valence-electron chi connectivity index (χ2n) is 0. The Kier molecular flexibility index (Phi) is 519. The largest absolute Gasteiger partial charge is 4.00 e. The first-order chi connectivity index (χ1) is 0. The van der Waals surface area contributed by atoms with Gasteiger partial charge in [-0.05, 0) is 0 Å². The summed E-state index contributed by atoms with van der Waals surface area (Å²) in [6.07, 6.45) is 0. The van der Waals surface area contributed by atoms with E-state index in [0.717, 1.165) is 0 Å². The molecule has 0 aliphatic heterocycles. The van der Waals surface area contributed by atoms with Crippen LogP contribution in [0.1, 0.15) is 0 Å². The van der Waals surface area contributed by atoms with Crippen molar-refractivity contribution >= 4 is 48.9 Å². The Morgan fingerprint density at radius 3 is 0.375 bits per heavy atom. The molecule has 0 amide bonds. The third-order valence-corrected chi connectivity index (χ3v) is 0. The van der Waals surface area contributed by atoms with E-state index in [2.05, 4.69) is 0 Å². The van der Waals surface area contributed by atoms with Gasteiger partial charge in [-0.2, -0.15) is 0 Å². The van der Waals surface area contributed by atoms with Gasteiger partial charge in [0.1, 0.15) is 0 Å². The van der Waals surface area contributed by atoms with Gasteiger partial charge in [-0.25, -0.2) is 0 Å². The zero-order valence-electron chi connectivity index (χ0n) is 3.47. The molecule has 0 heterocycles. The quantitative estimate of drug-likeness (QED) is 0.226. The molecule has 0 aromatic heterocycles. The van der Waals surface area contributed by atoms with E-state index in [-0.39, 0.29) is 172 Å². The van der Waals surface area contributed by atoms with Crippen molar-refractivity contribution in [2.45, 2.75) is 0 Å². The van der Waals surface area contributed by atoms with Gasteiger partial charge in [-0.3, -0.25) is 0 Å². The van der Waals surface area contributed by atoms with Crippen LogP contribution in [0.15, 0.2) is 0 Å². The molecule has 0 radical (unpaired) electrons. The summed E-state index contributed by atoms with van der Waals surface area (Å²) in [6, 6.07) is 0. The van der Waals surface area contributed by atoms with E-state index in [4.69, 9.17) is 0 Å². The number of hydrogen-bond donors (Lipinski definition) is 0. The Hall–Kier alpha value is 5.17. The van der Waals surface area contributed by atoms with Crippen LogP contribution in [0, 0.1) is 0 Å². The molecule has 0 unspecified atom stereocenters. The van der Waals surface area contributed by atoms with Crippen LogP contribution in [0.25, 0.3) is 0 Å². The number of rotatable bonds is 0. The fourth-order valence-electron chi connectivity index (χ4n) is 0. The number of hydrogen-bond acceptors (Lipinski definition) is 0. The standard InChI is InChI=1S/Ba.6BrH.Ti/h;6*1H;/q+2;;;;;;;+4/p-6. The molecule has 0 saturated heterocycles. The first kappa shape index (κ1) is 73.0. The molecule has 0 aliphatic carbocycles. The fraction of sp³-hybridized carbons (Fsp3) is 0. The minimum absolute atomic E-state index is 0. The summed E-state index contributed by atoms with van der Waals surface area (Å²) < 4.78 is 0. The van der Waals surface area contributed by atoms with Gasteiger partial charge in [0.15, 0.2) is 0 Å². The summed E-state index contributed by atoms with van der Waals surface area (Å²) in [5, 5.41) is 0. The molecular weight excluding hydrogens is 665 g/mol. The van der Waals surface area contributed by atoms with Gasteiger partial charge < -0.3 is 102 Å². The van der Waals surface area contributed by atoms with Crippen molar-refractivity contribution in [3.63, 3.8) is 0 Å². The van der Waals surface area contributed by atoms with E-state index in [0.29, 0.717) is 0 Å². The molecule has 0 bridgehead atoms. The summed E-state index contributed by atoms with van der Waals surface area (Å²) in [4.78, 5) is 0. The zero-order valence-corrected chi connectivity index (χ0v) is 19.0. The van der Waals surface area contributed by atoms with Gasteiger partial charge in [0.2, 0.25) is 0 Å². The monoisotopic (exact) mass is 659 g/mol. The van der Waals surface area contributed by atoms with Crippen LogP contribution >= 0.6 is 0 Å². The summed E-state index contributed by atoms with van der Waals surface area (Å²) in [5.74, 6) is 0. The van der Waals surface area contributed by atoms with Crippen LogP contribution in [0.5, 0.6) is 0 Å². The molecular formula is BaBr6Ti. The minimum atomic E-state index is 0. The van der Waals surface area contributed by atoms with Crippen molar-refractivity contribution in [3.8, 4) is 0 Å². The van der Waals surface area contributed by atoms with Crippen molar-refractivity contribution in [2.75, 3.05) is 0 Å². The van der Waals surface area contributed by atoms with Crippen LogP contribution in [-0.4, -0.2) is 48.9 Å². The third kappa shape index (κ3) is 43.2. The Morgan fingerprint density at radius 1 is 0.375 bits per heavy atom. The van der Waals surface area contributed by atoms with E-state index in [1.807, 2.05) is 0 Å². The SMILES string of the molecule is [Ba+2].[Br-].[Br-].[Br-].[Br-].[Br-].[Br-].[Ti+4]. The van der Waals surface area contributed by atoms with Crippen molar-refractivity contribution in [2.24, 2.45) is 0 Å². The molecule has 0 spiro atoms. The summed E-state index contributed by atoms with van der Waals surface area (Å²) in [6.45, 7) is 0. The minimum Gasteiger partial charge on any atom is -1.00 e. The molecule has 0 nitrogen and oxygen atoms in total. The molecule has 8 heavy (non-hydrogen) atoms. The molecule has 0 aliphatic rings. The smallest absolute Gasteiger partial charge is 1.00 e. The average Bonchev–Trinajstić information content (AvgIpc) is 0. The second kappa shape index (κ2) is 56.8. The van der Waals surface area contributed by atoms with E-state index >= 15 is 0 Å². The van der Waals surface area contributed by atoms with Crippen LogP contribution in [0.2, 0.25) is 0 Å². The van der Waals surface area contributed by atoms with Gasteiger partial charge in [0.05, 0.1) is 0 Å². The maximum atomic E-state index is 0. The molecule has 8 heteroatoms. The van der Waals surface area contributed by atoms with Crippen LogP contribution < -0.4 is 102 Å². The Bertz CT molecular complexity index is 8.49. The molecule has 0 fully saturated rings. The zero-order chi connectivity index (χ0) is 0.